The van der Waals surface area contributed by atoms with E-state index in [9.17, 15) is 9.59 Å². The Hall–Kier alpha value is -1.14. The summed E-state index contributed by atoms with van der Waals surface area (Å²) in [7, 11) is 0. The van der Waals surface area contributed by atoms with Crippen molar-refractivity contribution in [3.05, 3.63) is 27.5 Å². The summed E-state index contributed by atoms with van der Waals surface area (Å²) >= 11 is 9.16. The summed E-state index contributed by atoms with van der Waals surface area (Å²) in [6, 6.07) is 1.01. The first kappa shape index (κ1) is 16.2. The smallest absolute Gasteiger partial charge is 0.255 e. The van der Waals surface area contributed by atoms with Gasteiger partial charge < -0.3 is 10.2 Å². The van der Waals surface area contributed by atoms with Crippen LogP contribution in [0.15, 0.2) is 16.7 Å². The molecule has 0 aliphatic carbocycles. The Morgan fingerprint density at radius 2 is 2.05 bits per heavy atom. The van der Waals surface area contributed by atoms with E-state index >= 15 is 0 Å². The zero-order chi connectivity index (χ0) is 15.4. The maximum Gasteiger partial charge on any atom is 0.255 e. The van der Waals surface area contributed by atoms with Crippen LogP contribution in [-0.2, 0) is 4.79 Å². The minimum Gasteiger partial charge on any atom is -0.341 e. The van der Waals surface area contributed by atoms with Gasteiger partial charge in [-0.25, -0.2) is 4.98 Å². The highest BCUT2D eigenvalue weighted by molar-refractivity contribution is 9.10. The van der Waals surface area contributed by atoms with Crippen molar-refractivity contribution in [1.82, 2.24) is 15.2 Å². The van der Waals surface area contributed by atoms with Crippen LogP contribution in [0.3, 0.4) is 0 Å². The molecular formula is C14H17BrClN3O2. The summed E-state index contributed by atoms with van der Waals surface area (Å²) in [5.41, 5.74) is 0.254. The lowest BCUT2D eigenvalue weighted by Gasteiger charge is -2.29. The number of hydrogen-bond donors (Lipinski definition) is 1. The maximum atomic E-state index is 12.3. The molecule has 1 aromatic heterocycles. The number of likely N-dealkylation sites (tertiary alicyclic amines) is 1. The second-order valence-corrected chi connectivity index (χ2v) is 6.35. The van der Waals surface area contributed by atoms with Crippen molar-refractivity contribution in [1.29, 1.82) is 0 Å². The summed E-state index contributed by atoms with van der Waals surface area (Å²) in [6.07, 6.45) is 4.72. The molecule has 1 saturated heterocycles. The van der Waals surface area contributed by atoms with Crippen LogP contribution in [0.1, 0.15) is 36.5 Å². The Labute approximate surface area is 137 Å². The lowest BCUT2D eigenvalue weighted by atomic mass is 10.1. The first-order chi connectivity index (χ1) is 9.99. The van der Waals surface area contributed by atoms with Gasteiger partial charge in [-0.1, -0.05) is 11.6 Å². The number of pyridine rings is 1. The minimum absolute atomic E-state index is 0.0536. The van der Waals surface area contributed by atoms with Gasteiger partial charge in [0.1, 0.15) is 11.2 Å². The highest BCUT2D eigenvalue weighted by atomic mass is 79.9. The second kappa shape index (κ2) is 7.22. The van der Waals surface area contributed by atoms with E-state index in [-0.39, 0.29) is 16.6 Å². The topological polar surface area (TPSA) is 62.3 Å². The summed E-state index contributed by atoms with van der Waals surface area (Å²) < 4.78 is 0.659. The van der Waals surface area contributed by atoms with Crippen molar-refractivity contribution in [2.24, 2.45) is 0 Å². The summed E-state index contributed by atoms with van der Waals surface area (Å²) in [6.45, 7) is 3.21. The molecule has 1 aliphatic heterocycles. The number of amides is 2. The number of nitrogens with zero attached hydrogens (tertiary/aromatic N) is 2. The average Bonchev–Trinajstić information content (AvgIpc) is 2.49. The third-order valence-electron chi connectivity index (χ3n) is 3.44. The molecule has 1 atom stereocenters. The zero-order valence-electron chi connectivity index (χ0n) is 11.7. The molecule has 21 heavy (non-hydrogen) atoms. The summed E-state index contributed by atoms with van der Waals surface area (Å²) in [4.78, 5) is 30.2. The summed E-state index contributed by atoms with van der Waals surface area (Å²) in [5, 5.41) is 2.80. The van der Waals surface area contributed by atoms with E-state index in [1.807, 2.05) is 0 Å². The normalized spacial score (nSPS) is 16.4. The maximum absolute atomic E-state index is 12.3. The van der Waals surface area contributed by atoms with Gasteiger partial charge in [0, 0.05) is 23.8 Å². The number of rotatable bonds is 3. The molecule has 1 aromatic rings. The highest BCUT2D eigenvalue weighted by Crippen LogP contribution is 2.18. The molecule has 2 heterocycles. The van der Waals surface area contributed by atoms with Gasteiger partial charge in [-0.15, -0.1) is 0 Å². The molecule has 1 fully saturated rings. The van der Waals surface area contributed by atoms with Gasteiger partial charge >= 0.3 is 0 Å². The zero-order valence-corrected chi connectivity index (χ0v) is 14.1. The van der Waals surface area contributed by atoms with E-state index in [0.717, 1.165) is 32.4 Å². The van der Waals surface area contributed by atoms with E-state index in [0.29, 0.717) is 4.47 Å². The Bertz CT molecular complexity index is 547. The van der Waals surface area contributed by atoms with Crippen LogP contribution in [0.2, 0.25) is 5.15 Å². The van der Waals surface area contributed by atoms with E-state index < -0.39 is 11.9 Å². The van der Waals surface area contributed by atoms with Gasteiger partial charge in [0.25, 0.3) is 5.91 Å². The van der Waals surface area contributed by atoms with Gasteiger partial charge in [-0.05, 0) is 48.2 Å². The molecule has 7 heteroatoms. The fraction of sp³-hybridized carbons (Fsp3) is 0.500. The third kappa shape index (κ3) is 4.17. The number of nitrogens with one attached hydrogen (secondary N) is 1. The van der Waals surface area contributed by atoms with E-state index in [2.05, 4.69) is 26.2 Å². The first-order valence-corrected chi connectivity index (χ1v) is 8.07. The average molecular weight is 375 g/mol. The Kier molecular flexibility index (Phi) is 5.58. The first-order valence-electron chi connectivity index (χ1n) is 6.89. The monoisotopic (exact) mass is 373 g/mol. The van der Waals surface area contributed by atoms with Crippen molar-refractivity contribution in [3.8, 4) is 0 Å². The number of carbonyl (C=O) groups excluding carboxylic acids is 2. The molecule has 0 spiro atoms. The van der Waals surface area contributed by atoms with E-state index in [1.165, 1.54) is 6.20 Å². The number of piperidine rings is 1. The highest BCUT2D eigenvalue weighted by Gasteiger charge is 2.24. The molecule has 0 saturated carbocycles. The predicted molar refractivity (Wildman–Crippen MR) is 84.3 cm³/mol. The molecular weight excluding hydrogens is 358 g/mol. The fourth-order valence-electron chi connectivity index (χ4n) is 2.31. The lowest BCUT2D eigenvalue weighted by Crippen LogP contribution is -2.48. The Morgan fingerprint density at radius 3 is 2.71 bits per heavy atom. The van der Waals surface area contributed by atoms with Crippen LogP contribution in [-0.4, -0.2) is 40.8 Å². The SMILES string of the molecule is CC(NC(=O)c1cc(Br)cnc1Cl)C(=O)N1CCCCC1. The molecule has 2 amide bonds. The molecule has 0 aromatic carbocycles. The van der Waals surface area contributed by atoms with E-state index in [1.54, 1.807) is 17.9 Å². The van der Waals surface area contributed by atoms with Crippen LogP contribution < -0.4 is 5.32 Å². The standard InChI is InChI=1S/C14H17BrClN3O2/c1-9(14(21)19-5-3-2-4-6-19)18-13(20)11-7-10(15)8-17-12(11)16/h7-9H,2-6H2,1H3,(H,18,20). The molecule has 1 aliphatic rings. The molecule has 1 N–H and O–H groups in total. The summed E-state index contributed by atoms with van der Waals surface area (Å²) in [5.74, 6) is -0.450. The molecule has 114 valence electrons. The molecule has 1 unspecified atom stereocenters. The Balaban J connectivity index is 2.01. The number of aromatic nitrogens is 1. The van der Waals surface area contributed by atoms with Crippen LogP contribution >= 0.6 is 27.5 Å². The van der Waals surface area contributed by atoms with Gasteiger partial charge in [0.2, 0.25) is 5.91 Å². The van der Waals surface area contributed by atoms with Crippen molar-refractivity contribution >= 4 is 39.3 Å². The predicted octanol–water partition coefficient (Wildman–Crippen LogP) is 2.63. The number of halogens is 2. The Morgan fingerprint density at radius 1 is 1.38 bits per heavy atom. The van der Waals surface area contributed by atoms with Gasteiger partial charge in [0.15, 0.2) is 0 Å². The third-order valence-corrected chi connectivity index (χ3v) is 4.17. The van der Waals surface area contributed by atoms with Crippen LogP contribution in [0, 0.1) is 0 Å². The van der Waals surface area contributed by atoms with Crippen LogP contribution in [0.25, 0.3) is 0 Å². The van der Waals surface area contributed by atoms with Crippen molar-refractivity contribution in [2.75, 3.05) is 13.1 Å². The molecule has 5 nitrogen and oxygen atoms in total. The number of hydrogen-bond acceptors (Lipinski definition) is 3. The van der Waals surface area contributed by atoms with Crippen LogP contribution in [0.4, 0.5) is 0 Å². The largest absolute Gasteiger partial charge is 0.341 e. The van der Waals surface area contributed by atoms with Gasteiger partial charge in [-0.3, -0.25) is 9.59 Å². The lowest BCUT2D eigenvalue weighted by molar-refractivity contribution is -0.133. The molecule has 0 radical (unpaired) electrons. The molecule has 0 bridgehead atoms. The van der Waals surface area contributed by atoms with Crippen molar-refractivity contribution in [2.45, 2.75) is 32.2 Å². The molecule has 2 rings (SSSR count). The van der Waals surface area contributed by atoms with E-state index in [4.69, 9.17) is 11.6 Å². The van der Waals surface area contributed by atoms with Crippen molar-refractivity contribution in [3.63, 3.8) is 0 Å². The van der Waals surface area contributed by atoms with Crippen molar-refractivity contribution < 1.29 is 9.59 Å². The number of carbonyl (C=O) groups is 2. The quantitative estimate of drug-likeness (QED) is 0.827. The fourth-order valence-corrected chi connectivity index (χ4v) is 2.83. The van der Waals surface area contributed by atoms with Crippen LogP contribution in [0.5, 0.6) is 0 Å². The minimum atomic E-state index is -0.578. The second-order valence-electron chi connectivity index (χ2n) is 5.07. The van der Waals surface area contributed by atoms with Gasteiger partial charge in [0.05, 0.1) is 5.56 Å². The van der Waals surface area contributed by atoms with Gasteiger partial charge in [-0.2, -0.15) is 0 Å².